The SMILES string of the molecule is CCNC(CN1CCCCCC1)c1ccccc1. The summed E-state index contributed by atoms with van der Waals surface area (Å²) in [7, 11) is 0. The van der Waals surface area contributed by atoms with Gasteiger partial charge in [-0.25, -0.2) is 0 Å². The second kappa shape index (κ2) is 7.55. The van der Waals surface area contributed by atoms with Crippen LogP contribution in [0.1, 0.15) is 44.2 Å². The highest BCUT2D eigenvalue weighted by Crippen LogP contribution is 2.17. The van der Waals surface area contributed by atoms with Gasteiger partial charge in [-0.05, 0) is 38.0 Å². The Morgan fingerprint density at radius 3 is 2.33 bits per heavy atom. The predicted molar refractivity (Wildman–Crippen MR) is 77.8 cm³/mol. The lowest BCUT2D eigenvalue weighted by atomic mass is 10.1. The zero-order valence-corrected chi connectivity index (χ0v) is 11.6. The van der Waals surface area contributed by atoms with Crippen molar-refractivity contribution in [2.24, 2.45) is 0 Å². The minimum Gasteiger partial charge on any atom is -0.309 e. The van der Waals surface area contributed by atoms with E-state index in [-0.39, 0.29) is 0 Å². The predicted octanol–water partition coefficient (Wildman–Crippen LogP) is 3.21. The van der Waals surface area contributed by atoms with E-state index in [0.717, 1.165) is 13.1 Å². The van der Waals surface area contributed by atoms with E-state index < -0.39 is 0 Å². The van der Waals surface area contributed by atoms with Gasteiger partial charge in [0.1, 0.15) is 0 Å². The molecule has 0 spiro atoms. The summed E-state index contributed by atoms with van der Waals surface area (Å²) in [5, 5.41) is 3.62. The minimum absolute atomic E-state index is 0.481. The zero-order chi connectivity index (χ0) is 12.6. The van der Waals surface area contributed by atoms with Crippen LogP contribution in [-0.2, 0) is 0 Å². The fourth-order valence-electron chi connectivity index (χ4n) is 2.80. The van der Waals surface area contributed by atoms with Gasteiger partial charge in [0, 0.05) is 12.6 Å². The van der Waals surface area contributed by atoms with E-state index in [1.807, 2.05) is 0 Å². The highest BCUT2D eigenvalue weighted by molar-refractivity contribution is 5.19. The minimum atomic E-state index is 0.481. The van der Waals surface area contributed by atoms with Crippen LogP contribution < -0.4 is 5.32 Å². The highest BCUT2D eigenvalue weighted by atomic mass is 15.1. The van der Waals surface area contributed by atoms with Crippen LogP contribution in [0, 0.1) is 0 Å². The molecule has 0 amide bonds. The number of hydrogen-bond acceptors (Lipinski definition) is 2. The van der Waals surface area contributed by atoms with E-state index in [9.17, 15) is 0 Å². The van der Waals surface area contributed by atoms with E-state index in [1.54, 1.807) is 0 Å². The molecule has 2 heteroatoms. The normalized spacial score (nSPS) is 19.4. The Hall–Kier alpha value is -0.860. The van der Waals surface area contributed by atoms with Crippen LogP contribution in [0.25, 0.3) is 0 Å². The summed E-state index contributed by atoms with van der Waals surface area (Å²) in [5.74, 6) is 0. The monoisotopic (exact) mass is 246 g/mol. The summed E-state index contributed by atoms with van der Waals surface area (Å²) < 4.78 is 0. The molecule has 1 heterocycles. The largest absolute Gasteiger partial charge is 0.309 e. The molecule has 1 atom stereocenters. The van der Waals surface area contributed by atoms with Crippen molar-refractivity contribution in [3.63, 3.8) is 0 Å². The summed E-state index contributed by atoms with van der Waals surface area (Å²) in [6.07, 6.45) is 5.56. The first-order chi connectivity index (χ1) is 8.90. The Kier molecular flexibility index (Phi) is 5.69. The standard InChI is InChI=1S/C16H26N2/c1-2-17-16(15-10-6-5-7-11-15)14-18-12-8-3-4-9-13-18/h5-7,10-11,16-17H,2-4,8-9,12-14H2,1H3. The molecule has 0 radical (unpaired) electrons. The van der Waals surface area contributed by atoms with Crippen molar-refractivity contribution in [2.75, 3.05) is 26.2 Å². The maximum atomic E-state index is 3.62. The van der Waals surface area contributed by atoms with Gasteiger partial charge in [-0.15, -0.1) is 0 Å². The summed E-state index contributed by atoms with van der Waals surface area (Å²) in [6, 6.07) is 11.3. The lowest BCUT2D eigenvalue weighted by Crippen LogP contribution is -2.35. The molecule has 1 aliphatic heterocycles. The summed E-state index contributed by atoms with van der Waals surface area (Å²) in [4.78, 5) is 2.63. The first-order valence-corrected chi connectivity index (χ1v) is 7.41. The summed E-state index contributed by atoms with van der Waals surface area (Å²) in [5.41, 5.74) is 1.42. The average molecular weight is 246 g/mol. The molecule has 1 aromatic rings. The third-order valence-corrected chi connectivity index (χ3v) is 3.79. The fraction of sp³-hybridized carbons (Fsp3) is 0.625. The van der Waals surface area contributed by atoms with Crippen molar-refractivity contribution in [3.05, 3.63) is 35.9 Å². The van der Waals surface area contributed by atoms with Crippen molar-refractivity contribution in [1.29, 1.82) is 0 Å². The van der Waals surface area contributed by atoms with Crippen molar-refractivity contribution >= 4 is 0 Å². The van der Waals surface area contributed by atoms with Crippen LogP contribution >= 0.6 is 0 Å². The van der Waals surface area contributed by atoms with Crippen molar-refractivity contribution in [3.8, 4) is 0 Å². The first-order valence-electron chi connectivity index (χ1n) is 7.41. The van der Waals surface area contributed by atoms with Crippen LogP contribution in [0.4, 0.5) is 0 Å². The molecule has 1 fully saturated rings. The molecule has 0 bridgehead atoms. The molecule has 100 valence electrons. The van der Waals surface area contributed by atoms with Gasteiger partial charge in [-0.3, -0.25) is 0 Å². The molecule has 1 unspecified atom stereocenters. The van der Waals surface area contributed by atoms with E-state index in [0.29, 0.717) is 6.04 Å². The third-order valence-electron chi connectivity index (χ3n) is 3.79. The molecular formula is C16H26N2. The quantitative estimate of drug-likeness (QED) is 0.858. The van der Waals surface area contributed by atoms with Crippen molar-refractivity contribution in [2.45, 2.75) is 38.6 Å². The fourth-order valence-corrected chi connectivity index (χ4v) is 2.80. The van der Waals surface area contributed by atoms with Crippen molar-refractivity contribution in [1.82, 2.24) is 10.2 Å². The number of nitrogens with zero attached hydrogens (tertiary/aromatic N) is 1. The van der Waals surface area contributed by atoms with Gasteiger partial charge in [-0.2, -0.15) is 0 Å². The van der Waals surface area contributed by atoms with Crippen LogP contribution in [0.5, 0.6) is 0 Å². The molecule has 0 saturated carbocycles. The van der Waals surface area contributed by atoms with E-state index in [1.165, 1.54) is 44.3 Å². The summed E-state index contributed by atoms with van der Waals surface area (Å²) in [6.45, 7) is 6.92. The second-order valence-corrected chi connectivity index (χ2v) is 5.24. The lowest BCUT2D eigenvalue weighted by molar-refractivity contribution is 0.252. The number of likely N-dealkylation sites (N-methyl/N-ethyl adjacent to an activating group) is 1. The number of benzene rings is 1. The molecule has 1 aliphatic rings. The Morgan fingerprint density at radius 1 is 1.06 bits per heavy atom. The molecule has 1 N–H and O–H groups in total. The van der Waals surface area contributed by atoms with Crippen LogP contribution in [0.3, 0.4) is 0 Å². The van der Waals surface area contributed by atoms with Crippen LogP contribution in [-0.4, -0.2) is 31.1 Å². The van der Waals surface area contributed by atoms with E-state index >= 15 is 0 Å². The number of hydrogen-bond donors (Lipinski definition) is 1. The smallest absolute Gasteiger partial charge is 0.0449 e. The van der Waals surface area contributed by atoms with Gasteiger partial charge in [-0.1, -0.05) is 50.1 Å². The van der Waals surface area contributed by atoms with Gasteiger partial charge < -0.3 is 10.2 Å². The van der Waals surface area contributed by atoms with Gasteiger partial charge in [0.05, 0.1) is 0 Å². The molecule has 0 aliphatic carbocycles. The third kappa shape index (κ3) is 4.11. The van der Waals surface area contributed by atoms with E-state index in [4.69, 9.17) is 0 Å². The Bertz CT molecular complexity index is 315. The molecule has 1 aromatic carbocycles. The molecular weight excluding hydrogens is 220 g/mol. The van der Waals surface area contributed by atoms with Gasteiger partial charge >= 0.3 is 0 Å². The van der Waals surface area contributed by atoms with Crippen LogP contribution in [0.2, 0.25) is 0 Å². The number of rotatable bonds is 5. The molecule has 2 rings (SSSR count). The Morgan fingerprint density at radius 2 is 1.72 bits per heavy atom. The van der Waals surface area contributed by atoms with Crippen molar-refractivity contribution < 1.29 is 0 Å². The van der Waals surface area contributed by atoms with Gasteiger partial charge in [0.25, 0.3) is 0 Å². The topological polar surface area (TPSA) is 15.3 Å². The lowest BCUT2D eigenvalue weighted by Gasteiger charge is -2.27. The molecule has 18 heavy (non-hydrogen) atoms. The molecule has 0 aromatic heterocycles. The second-order valence-electron chi connectivity index (χ2n) is 5.24. The molecule has 1 saturated heterocycles. The summed E-state index contributed by atoms with van der Waals surface area (Å²) >= 11 is 0. The average Bonchev–Trinajstić information content (AvgIpc) is 2.68. The number of likely N-dealkylation sites (tertiary alicyclic amines) is 1. The Balaban J connectivity index is 1.97. The van der Waals surface area contributed by atoms with Gasteiger partial charge in [0.2, 0.25) is 0 Å². The number of nitrogens with one attached hydrogen (secondary N) is 1. The highest BCUT2D eigenvalue weighted by Gasteiger charge is 2.16. The molecule has 2 nitrogen and oxygen atoms in total. The maximum Gasteiger partial charge on any atom is 0.0449 e. The van der Waals surface area contributed by atoms with Crippen LogP contribution in [0.15, 0.2) is 30.3 Å². The first kappa shape index (κ1) is 13.6. The Labute approximate surface area is 111 Å². The van der Waals surface area contributed by atoms with Gasteiger partial charge in [0.15, 0.2) is 0 Å². The zero-order valence-electron chi connectivity index (χ0n) is 11.6. The van der Waals surface area contributed by atoms with E-state index in [2.05, 4.69) is 47.5 Å². The maximum absolute atomic E-state index is 3.62.